The topological polar surface area (TPSA) is 71.8 Å². The molecule has 0 bridgehead atoms. The monoisotopic (exact) mass is 755 g/mol. The molecule has 2 heterocycles. The van der Waals surface area contributed by atoms with Crippen LogP contribution in [0.3, 0.4) is 0 Å². The molecule has 0 amide bonds. The molecule has 296 valence electrons. The molecule has 0 spiro atoms. The summed E-state index contributed by atoms with van der Waals surface area (Å²) >= 11 is 0. The van der Waals surface area contributed by atoms with Gasteiger partial charge in [-0.2, -0.15) is 0 Å². The van der Waals surface area contributed by atoms with Crippen molar-refractivity contribution >= 4 is 11.8 Å². The summed E-state index contributed by atoms with van der Waals surface area (Å²) < 4.78 is 14.9. The second kappa shape index (κ2) is 24.9. The van der Waals surface area contributed by atoms with E-state index in [4.69, 9.17) is 0 Å². The van der Waals surface area contributed by atoms with Crippen molar-refractivity contribution in [2.24, 2.45) is 0 Å². The largest absolute Gasteiger partial charge is 0.356 e. The van der Waals surface area contributed by atoms with Crippen molar-refractivity contribution in [3.8, 4) is 22.5 Å². The quantitative estimate of drug-likeness (QED) is 0.124. The van der Waals surface area contributed by atoms with Crippen LogP contribution in [0.15, 0.2) is 138 Å². The van der Waals surface area contributed by atoms with Crippen molar-refractivity contribution in [3.63, 3.8) is 0 Å². The van der Waals surface area contributed by atoms with Crippen LogP contribution in [-0.2, 0) is 6.54 Å². The van der Waals surface area contributed by atoms with Crippen LogP contribution in [-0.4, -0.2) is 28.1 Å². The highest BCUT2D eigenvalue weighted by molar-refractivity contribution is 5.63. The lowest BCUT2D eigenvalue weighted by molar-refractivity contribution is 0.619. The molecule has 0 saturated heterocycles. The number of nitrogens with zero attached hydrogens (tertiary/aromatic N) is 3. The van der Waals surface area contributed by atoms with Crippen LogP contribution in [0.2, 0.25) is 0 Å². The number of aromatic nitrogens is 3. The van der Waals surface area contributed by atoms with E-state index in [0.717, 1.165) is 42.5 Å². The third-order valence-electron chi connectivity index (χ3n) is 9.49. The third kappa shape index (κ3) is 14.3. The van der Waals surface area contributed by atoms with Gasteiger partial charge in [0.1, 0.15) is 17.3 Å². The minimum Gasteiger partial charge on any atom is -0.356 e. The van der Waals surface area contributed by atoms with Gasteiger partial charge < -0.3 is 10.6 Å². The van der Waals surface area contributed by atoms with Crippen LogP contribution in [0, 0.1) is 12.7 Å². The number of aryl methyl sites for hydroxylation is 1. The minimum atomic E-state index is -0.147. The second-order valence-corrected chi connectivity index (χ2v) is 14.0. The molecular formula is C49H62FN5O. The Morgan fingerprint density at radius 2 is 1.59 bits per heavy atom. The summed E-state index contributed by atoms with van der Waals surface area (Å²) in [6.07, 6.45) is 18.6. The van der Waals surface area contributed by atoms with Crippen LogP contribution in [0.1, 0.15) is 95.8 Å². The van der Waals surface area contributed by atoms with Gasteiger partial charge in [-0.25, -0.2) is 9.37 Å². The zero-order valence-electron chi connectivity index (χ0n) is 34.6. The van der Waals surface area contributed by atoms with Gasteiger partial charge in [-0.1, -0.05) is 137 Å². The number of halogens is 1. The van der Waals surface area contributed by atoms with Crippen LogP contribution >= 0.6 is 0 Å². The fourth-order valence-corrected chi connectivity index (χ4v) is 5.62. The number of rotatable bonds is 12. The average molecular weight is 756 g/mol. The molecule has 6 nitrogen and oxygen atoms in total. The van der Waals surface area contributed by atoms with Crippen molar-refractivity contribution < 1.29 is 4.39 Å². The molecule has 6 rings (SSSR count). The summed E-state index contributed by atoms with van der Waals surface area (Å²) in [5, 5.41) is 6.26. The molecule has 1 fully saturated rings. The standard InChI is InChI=1S/C18H19N3O.C14H22N2.C13H11F.C4H10/c1-2-11-21-17(15-9-4-3-5-10-15)20-13-16(18(21)22)19-12-14-7-6-8-14;1-5-12(3)14-6-7-16-10-13(14)8-11(2)9-15-4;1-10-7-8-12(9-13(10)14)11-5-3-2-4-6-11;1-3-4-2/h2-5,9-10,12-13,19H,1,6-8,11H2;6-8,10,12,15H,5,9H2,1-4H3;2-9H,1H3;3-4H2,1-2H3/b;11-8+;;/t;12-;;/m.1../s1. The summed E-state index contributed by atoms with van der Waals surface area (Å²) in [5.74, 6) is 1.11. The molecule has 1 atom stereocenters. The maximum atomic E-state index is 13.3. The molecule has 1 aliphatic rings. The van der Waals surface area contributed by atoms with Crippen LogP contribution < -0.4 is 16.2 Å². The molecule has 0 radical (unpaired) electrons. The third-order valence-corrected chi connectivity index (χ3v) is 9.49. The Kier molecular flexibility index (Phi) is 20.0. The number of benzene rings is 3. The normalized spacial score (nSPS) is 12.3. The Bertz CT molecular complexity index is 2030. The van der Waals surface area contributed by atoms with Crippen molar-refractivity contribution in [3.05, 3.63) is 166 Å². The van der Waals surface area contributed by atoms with Crippen molar-refractivity contribution in [2.75, 3.05) is 18.9 Å². The molecule has 0 unspecified atom stereocenters. The van der Waals surface area contributed by atoms with Gasteiger partial charge in [0, 0.05) is 37.2 Å². The van der Waals surface area contributed by atoms with Crippen molar-refractivity contribution in [1.29, 1.82) is 0 Å². The Labute approximate surface area is 335 Å². The van der Waals surface area contributed by atoms with E-state index in [1.54, 1.807) is 35.9 Å². The van der Waals surface area contributed by atoms with E-state index in [-0.39, 0.29) is 11.4 Å². The first-order valence-electron chi connectivity index (χ1n) is 19.9. The molecule has 7 heteroatoms. The first-order chi connectivity index (χ1) is 27.2. The Morgan fingerprint density at radius 1 is 0.929 bits per heavy atom. The highest BCUT2D eigenvalue weighted by Crippen LogP contribution is 2.26. The van der Waals surface area contributed by atoms with E-state index in [2.05, 4.69) is 73.9 Å². The molecule has 56 heavy (non-hydrogen) atoms. The average Bonchev–Trinajstić information content (AvgIpc) is 3.21. The van der Waals surface area contributed by atoms with Crippen molar-refractivity contribution in [2.45, 2.75) is 92.5 Å². The first-order valence-corrected chi connectivity index (χ1v) is 19.9. The highest BCUT2D eigenvalue weighted by Gasteiger charge is 2.12. The van der Waals surface area contributed by atoms with Crippen molar-refractivity contribution in [1.82, 2.24) is 19.9 Å². The molecule has 2 N–H and O–H groups in total. The molecule has 3 aromatic carbocycles. The summed E-state index contributed by atoms with van der Waals surface area (Å²) in [5.41, 5.74) is 9.33. The summed E-state index contributed by atoms with van der Waals surface area (Å²) in [7, 11) is 1.97. The van der Waals surface area contributed by atoms with Gasteiger partial charge in [-0.3, -0.25) is 14.3 Å². The molecule has 0 aliphatic heterocycles. The van der Waals surface area contributed by atoms with Gasteiger partial charge >= 0.3 is 0 Å². The van der Waals surface area contributed by atoms with Crippen LogP contribution in [0.4, 0.5) is 10.1 Å². The smallest absolute Gasteiger partial charge is 0.277 e. The molecule has 1 aliphatic carbocycles. The SMILES string of the molecule is C=CCn1c(-c2ccccc2)ncc(NC=C2CCC2)c1=O.CCCC.CC[C@@H](C)c1ccncc1/C=C(\C)CNC.Cc1ccc(-c2ccccc2)cc1F. The van der Waals surface area contributed by atoms with Gasteiger partial charge in [-0.05, 0) is 92.4 Å². The zero-order valence-corrected chi connectivity index (χ0v) is 34.6. The Balaban J connectivity index is 0.000000221. The van der Waals surface area contributed by atoms with Crippen LogP contribution in [0.25, 0.3) is 28.6 Å². The van der Waals surface area contributed by atoms with Gasteiger partial charge in [0.05, 0.1) is 6.20 Å². The predicted octanol–water partition coefficient (Wildman–Crippen LogP) is 12.4. The van der Waals surface area contributed by atoms with Gasteiger partial charge in [-0.15, -0.1) is 6.58 Å². The predicted molar refractivity (Wildman–Crippen MR) is 237 cm³/mol. The fourth-order valence-electron chi connectivity index (χ4n) is 5.62. The summed E-state index contributed by atoms with van der Waals surface area (Å²) in [6, 6.07) is 27.0. The van der Waals surface area contributed by atoms with Gasteiger partial charge in [0.15, 0.2) is 0 Å². The maximum absolute atomic E-state index is 13.3. The maximum Gasteiger partial charge on any atom is 0.277 e. The summed E-state index contributed by atoms with van der Waals surface area (Å²) in [6.45, 7) is 17.9. The van der Waals surface area contributed by atoms with E-state index >= 15 is 0 Å². The lowest BCUT2D eigenvalue weighted by Gasteiger charge is -2.17. The van der Waals surface area contributed by atoms with E-state index in [1.807, 2.05) is 92.4 Å². The number of allylic oxidation sites excluding steroid dienone is 2. The lowest BCUT2D eigenvalue weighted by Crippen LogP contribution is -2.25. The lowest BCUT2D eigenvalue weighted by atomic mass is 9.94. The summed E-state index contributed by atoms with van der Waals surface area (Å²) in [4.78, 5) is 21.3. The van der Waals surface area contributed by atoms with E-state index < -0.39 is 0 Å². The number of pyridine rings is 1. The highest BCUT2D eigenvalue weighted by atomic mass is 19.1. The zero-order chi connectivity index (χ0) is 40.7. The molecule has 1 saturated carbocycles. The number of hydrogen-bond acceptors (Lipinski definition) is 5. The minimum absolute atomic E-state index is 0.0788. The number of nitrogens with one attached hydrogen (secondary N) is 2. The van der Waals surface area contributed by atoms with E-state index in [1.165, 1.54) is 41.5 Å². The molecule has 5 aromatic rings. The second-order valence-electron chi connectivity index (χ2n) is 14.0. The number of anilines is 1. The fraction of sp³-hybridized carbons (Fsp3) is 0.327. The first kappa shape index (κ1) is 45.0. The van der Waals surface area contributed by atoms with Gasteiger partial charge in [0.2, 0.25) is 0 Å². The number of hydrogen-bond donors (Lipinski definition) is 2. The Morgan fingerprint density at radius 3 is 2.14 bits per heavy atom. The molecule has 2 aromatic heterocycles. The van der Waals surface area contributed by atoms with Crippen LogP contribution in [0.5, 0.6) is 0 Å². The Hall–Kier alpha value is -5.40. The van der Waals surface area contributed by atoms with E-state index in [0.29, 0.717) is 29.5 Å². The molecular weight excluding hydrogens is 694 g/mol. The van der Waals surface area contributed by atoms with E-state index in [9.17, 15) is 9.18 Å². The number of likely N-dealkylation sites (N-methyl/N-ethyl adjacent to an activating group) is 1. The number of unbranched alkanes of at least 4 members (excludes halogenated alkanes) is 1. The van der Waals surface area contributed by atoms with Gasteiger partial charge in [0.25, 0.3) is 5.56 Å².